The third-order valence-electron chi connectivity index (χ3n) is 4.31. The first-order chi connectivity index (χ1) is 9.31. The quantitative estimate of drug-likeness (QED) is 0.210. The van der Waals surface area contributed by atoms with Gasteiger partial charge in [-0.2, -0.15) is 27.8 Å². The fourth-order valence-electron chi connectivity index (χ4n) is 2.16. The Bertz CT molecular complexity index is 272. The van der Waals surface area contributed by atoms with E-state index in [4.69, 9.17) is 0 Å². The van der Waals surface area contributed by atoms with Gasteiger partial charge in [-0.05, 0) is 28.7 Å². The van der Waals surface area contributed by atoms with Crippen LogP contribution in [0.25, 0.3) is 0 Å². The van der Waals surface area contributed by atoms with E-state index in [1.54, 1.807) is 0 Å². The molecule has 0 spiro atoms. The molecule has 1 aromatic rings. The van der Waals surface area contributed by atoms with Gasteiger partial charge in [0, 0.05) is 0 Å². The molecule has 0 fully saturated rings. The molecule has 1 aromatic carbocycles. The van der Waals surface area contributed by atoms with Gasteiger partial charge in [0.15, 0.2) is 0 Å². The zero-order chi connectivity index (χ0) is 16.3. The van der Waals surface area contributed by atoms with Gasteiger partial charge in [0.1, 0.15) is 0 Å². The topological polar surface area (TPSA) is 0 Å². The number of hydrogen-bond acceptors (Lipinski definition) is 0. The minimum atomic E-state index is 0.137. The van der Waals surface area contributed by atoms with Gasteiger partial charge in [0.05, 0.1) is 18.5 Å². The average Bonchev–Trinajstić information content (AvgIpc) is 2.61. The van der Waals surface area contributed by atoms with E-state index >= 15 is 0 Å². The van der Waals surface area contributed by atoms with E-state index in [1.165, 1.54) is 54.6 Å². The van der Waals surface area contributed by atoms with E-state index in [0.717, 1.165) is 0 Å². The van der Waals surface area contributed by atoms with Crippen LogP contribution in [0.5, 0.6) is 0 Å². The van der Waals surface area contributed by atoms with Crippen LogP contribution < -0.4 is 0 Å². The second-order valence-electron chi connectivity index (χ2n) is 4.98. The Morgan fingerprint density at radius 2 is 1.10 bits per heavy atom. The Kier molecular flexibility index (Phi) is 17.2. The van der Waals surface area contributed by atoms with Crippen LogP contribution in [0.1, 0.15) is 48.6 Å². The van der Waals surface area contributed by atoms with Gasteiger partial charge in [-0.15, -0.1) is 0 Å². The number of halogens is 2. The summed E-state index contributed by atoms with van der Waals surface area (Å²) in [5, 5.41) is 0. The van der Waals surface area contributed by atoms with Gasteiger partial charge >= 0.3 is 49.1 Å². The van der Waals surface area contributed by atoms with Gasteiger partial charge < -0.3 is 0 Å². The zero-order valence-electron chi connectivity index (χ0n) is 14.2. The van der Waals surface area contributed by atoms with E-state index < -0.39 is 0 Å². The zero-order valence-corrected chi connectivity index (χ0v) is 20.6. The third kappa shape index (κ3) is 9.01. The van der Waals surface area contributed by atoms with Crippen LogP contribution >= 0.6 is 48.8 Å². The number of hydrogen-bond donors (Lipinski definition) is 0. The predicted octanol–water partition coefficient (Wildman–Crippen LogP) is 6.98. The molecule has 0 saturated carbocycles. The molecule has 0 bridgehead atoms. The van der Waals surface area contributed by atoms with Crippen molar-refractivity contribution in [2.75, 3.05) is 18.5 Å². The summed E-state index contributed by atoms with van der Waals surface area (Å²) < 4.78 is 0. The van der Waals surface area contributed by atoms with Crippen molar-refractivity contribution in [2.24, 2.45) is 0 Å². The third-order valence-corrected chi connectivity index (χ3v) is 7.31. The predicted molar refractivity (Wildman–Crippen MR) is 114 cm³/mol. The van der Waals surface area contributed by atoms with E-state index in [2.05, 4.69) is 96.2 Å². The van der Waals surface area contributed by atoms with Crippen molar-refractivity contribution in [1.82, 2.24) is 0 Å². The van der Waals surface area contributed by atoms with Crippen LogP contribution in [0.4, 0.5) is 0 Å². The first-order valence-corrected chi connectivity index (χ1v) is 16.0. The van der Waals surface area contributed by atoms with E-state index in [9.17, 15) is 0 Å². The summed E-state index contributed by atoms with van der Waals surface area (Å²) in [6.07, 6.45) is 4.37. The molecule has 0 radical (unpaired) electrons. The molecule has 0 aromatic heterocycles. The summed E-state index contributed by atoms with van der Waals surface area (Å²) in [7, 11) is 1.51. The Morgan fingerprint density at radius 1 is 0.850 bits per heavy atom. The molecule has 0 N–H and O–H groups in total. The summed E-state index contributed by atoms with van der Waals surface area (Å²) >= 11 is 4.49. The molecule has 0 aliphatic carbocycles. The van der Waals surface area contributed by atoms with Crippen molar-refractivity contribution in [3.05, 3.63) is 27.8 Å². The molecule has 0 saturated heterocycles. The molecule has 123 valence electrons. The summed E-state index contributed by atoms with van der Waals surface area (Å²) in [5.74, 6) is 0. The molecule has 0 atom stereocenters. The molecular weight excluding hydrogens is 536 g/mol. The summed E-state index contributed by atoms with van der Waals surface area (Å²) in [6.45, 7) is 17.9. The minimum absolute atomic E-state index is 0.137. The molecule has 0 amide bonds. The van der Waals surface area contributed by atoms with Crippen LogP contribution in [0, 0.1) is 34.6 Å². The normalized spacial score (nSPS) is 9.95. The van der Waals surface area contributed by atoms with Crippen LogP contribution in [-0.4, -0.2) is 18.5 Å². The van der Waals surface area contributed by atoms with Crippen LogP contribution in [0.15, 0.2) is 0 Å². The Labute approximate surface area is 157 Å². The second kappa shape index (κ2) is 14.3. The van der Waals surface area contributed by atoms with Crippen LogP contribution in [0.3, 0.4) is 0 Å². The summed E-state index contributed by atoms with van der Waals surface area (Å²) in [6, 6.07) is 0. The second-order valence-corrected chi connectivity index (χ2v) is 17.4. The first kappa shape index (κ1) is 24.0. The average molecular weight is 567 g/mol. The van der Waals surface area contributed by atoms with Crippen LogP contribution in [0.2, 0.25) is 0 Å². The fourth-order valence-corrected chi connectivity index (χ4v) is 3.66. The van der Waals surface area contributed by atoms with Gasteiger partial charge in [-0.1, -0.05) is 34.6 Å². The Hall–Kier alpha value is 1.75. The molecule has 4 heteroatoms. The fraction of sp³-hybridized carbons (Fsp3) is 0.688. The SMILES string of the molecule is CC[PH+](CC)CC.Cc1c(C)c(C)[c-](C)c1C.[I][Co][I]. The standard InChI is InChI=1S/C10H15.C6H15P.Co.2HI/c1-6-7(2)9(4)10(5)8(6)3;1-4-7(5-2)6-3;;;/h1-5H3;4-6H2,1-3H3;;2*1H/q-1;;+2;;/p-1. The van der Waals surface area contributed by atoms with Gasteiger partial charge in [-0.3, -0.25) is 0 Å². The molecule has 0 aliphatic rings. The van der Waals surface area contributed by atoms with Crippen molar-refractivity contribution >= 4 is 48.8 Å². The molecule has 1 rings (SSSR count). The maximum absolute atomic E-state index is 2.31. The molecule has 0 aliphatic heterocycles. The van der Waals surface area contributed by atoms with Crippen molar-refractivity contribution in [1.29, 1.82) is 0 Å². The van der Waals surface area contributed by atoms with Crippen molar-refractivity contribution in [3.63, 3.8) is 0 Å². The van der Waals surface area contributed by atoms with Crippen molar-refractivity contribution in [3.8, 4) is 0 Å². The molecule has 20 heavy (non-hydrogen) atoms. The molecule has 0 unspecified atom stereocenters. The number of rotatable bonds is 3. The van der Waals surface area contributed by atoms with Crippen LogP contribution in [-0.2, 0) is 8.26 Å². The van der Waals surface area contributed by atoms with Gasteiger partial charge in [0.25, 0.3) is 0 Å². The summed E-state index contributed by atoms with van der Waals surface area (Å²) in [4.78, 5) is 0. The van der Waals surface area contributed by atoms with E-state index in [-0.39, 0.29) is 7.92 Å². The molecule has 0 heterocycles. The maximum atomic E-state index is 2.31. The van der Waals surface area contributed by atoms with Crippen molar-refractivity contribution in [2.45, 2.75) is 55.4 Å². The Balaban J connectivity index is 0. The van der Waals surface area contributed by atoms with E-state index in [0.29, 0.717) is 0 Å². The van der Waals surface area contributed by atoms with E-state index in [1.807, 2.05) is 0 Å². The molecule has 0 nitrogen and oxygen atoms in total. The summed E-state index contributed by atoms with van der Waals surface area (Å²) in [5.41, 5.74) is 7.34. The Morgan fingerprint density at radius 3 is 1.15 bits per heavy atom. The van der Waals surface area contributed by atoms with Gasteiger partial charge in [-0.25, -0.2) is 0 Å². The first-order valence-electron chi connectivity index (χ1n) is 7.18. The van der Waals surface area contributed by atoms with Gasteiger partial charge in [0.2, 0.25) is 0 Å². The monoisotopic (exact) mass is 567 g/mol. The molecular formula is C16H31CoI2P. The van der Waals surface area contributed by atoms with Crippen molar-refractivity contribution < 1.29 is 8.26 Å².